The molecule has 0 bridgehead atoms. The van der Waals surface area contributed by atoms with Crippen LogP contribution in [0.3, 0.4) is 0 Å². The third kappa shape index (κ3) is 3.45. The molecule has 0 heterocycles. The van der Waals surface area contributed by atoms with Gasteiger partial charge in [0.1, 0.15) is 0 Å². The normalized spacial score (nSPS) is 24.2. The lowest BCUT2D eigenvalue weighted by atomic mass is 9.65. The lowest BCUT2D eigenvalue weighted by molar-refractivity contribution is 0.221. The van der Waals surface area contributed by atoms with E-state index in [0.29, 0.717) is 0 Å². The molecule has 0 radical (unpaired) electrons. The van der Waals surface area contributed by atoms with Crippen LogP contribution in [0.5, 0.6) is 0 Å². The van der Waals surface area contributed by atoms with Gasteiger partial charge in [-0.15, -0.1) is 0 Å². The second kappa shape index (κ2) is 7.32. The highest BCUT2D eigenvalue weighted by molar-refractivity contribution is 5.48. The molecule has 0 aromatic heterocycles. The van der Waals surface area contributed by atoms with Crippen LogP contribution in [0.1, 0.15) is 78.8 Å². The van der Waals surface area contributed by atoms with E-state index in [4.69, 9.17) is 0 Å². The number of hydrogen-bond acceptors (Lipinski definition) is 0. The van der Waals surface area contributed by atoms with Crippen molar-refractivity contribution in [1.82, 2.24) is 0 Å². The molecule has 0 saturated heterocycles. The van der Waals surface area contributed by atoms with Gasteiger partial charge < -0.3 is 0 Å². The first kappa shape index (κ1) is 17.4. The molecule has 2 aliphatic rings. The van der Waals surface area contributed by atoms with Gasteiger partial charge in [0.2, 0.25) is 0 Å². The van der Waals surface area contributed by atoms with Crippen molar-refractivity contribution in [3.05, 3.63) is 69.8 Å². The third-order valence-corrected chi connectivity index (χ3v) is 6.65. The van der Waals surface area contributed by atoms with Crippen molar-refractivity contribution < 1.29 is 0 Å². The molecule has 3 unspecified atom stereocenters. The van der Waals surface area contributed by atoms with E-state index in [2.05, 4.69) is 69.0 Å². The Morgan fingerprint density at radius 3 is 2.50 bits per heavy atom. The SMILES string of the molecule is CCc1ccc(C#Cc2ccc3c(c2)CCC2CC(C)CCC32)cc1C. The lowest BCUT2D eigenvalue weighted by Crippen LogP contribution is -2.27. The predicted molar refractivity (Wildman–Crippen MR) is 111 cm³/mol. The summed E-state index contributed by atoms with van der Waals surface area (Å²) in [5.41, 5.74) is 8.25. The predicted octanol–water partition coefficient (Wildman–Crippen LogP) is 6.42. The van der Waals surface area contributed by atoms with Gasteiger partial charge in [0, 0.05) is 11.1 Å². The zero-order valence-corrected chi connectivity index (χ0v) is 16.4. The standard InChI is InChI=1S/C26H30/c1-4-22-10-8-20(16-19(22)3)6-7-21-9-14-26-24(17-21)12-11-23-15-18(2)5-13-25(23)26/h8-10,14,16-18,23,25H,4-5,11-13,15H2,1-3H3. The van der Waals surface area contributed by atoms with Gasteiger partial charge in [-0.25, -0.2) is 0 Å². The maximum absolute atomic E-state index is 3.40. The number of benzene rings is 2. The van der Waals surface area contributed by atoms with Crippen LogP contribution in [0, 0.1) is 30.6 Å². The maximum atomic E-state index is 3.40. The number of aryl methyl sites for hydroxylation is 3. The van der Waals surface area contributed by atoms with Gasteiger partial charge in [0.25, 0.3) is 0 Å². The maximum Gasteiger partial charge on any atom is 0.0251 e. The van der Waals surface area contributed by atoms with Crippen LogP contribution in [0.15, 0.2) is 36.4 Å². The topological polar surface area (TPSA) is 0 Å². The zero-order chi connectivity index (χ0) is 18.1. The molecule has 4 rings (SSSR count). The van der Waals surface area contributed by atoms with E-state index >= 15 is 0 Å². The number of fused-ring (bicyclic) bond motifs is 3. The molecule has 2 aromatic rings. The fraction of sp³-hybridized carbons (Fsp3) is 0.462. The highest BCUT2D eigenvalue weighted by Crippen LogP contribution is 2.46. The Kier molecular flexibility index (Phi) is 4.90. The van der Waals surface area contributed by atoms with Crippen LogP contribution in [0.4, 0.5) is 0 Å². The van der Waals surface area contributed by atoms with Crippen molar-refractivity contribution in [2.75, 3.05) is 0 Å². The van der Waals surface area contributed by atoms with Crippen LogP contribution in [0.2, 0.25) is 0 Å². The van der Waals surface area contributed by atoms with Crippen molar-refractivity contribution in [3.8, 4) is 11.8 Å². The Balaban J connectivity index is 1.56. The van der Waals surface area contributed by atoms with Crippen molar-refractivity contribution in [3.63, 3.8) is 0 Å². The molecular formula is C26H30. The molecule has 1 fully saturated rings. The van der Waals surface area contributed by atoms with E-state index in [1.165, 1.54) is 48.8 Å². The average molecular weight is 343 g/mol. The van der Waals surface area contributed by atoms with Gasteiger partial charge in [0.15, 0.2) is 0 Å². The fourth-order valence-corrected chi connectivity index (χ4v) is 5.14. The van der Waals surface area contributed by atoms with E-state index < -0.39 is 0 Å². The van der Waals surface area contributed by atoms with Gasteiger partial charge in [-0.1, -0.05) is 44.2 Å². The van der Waals surface area contributed by atoms with Crippen molar-refractivity contribution in [2.45, 2.75) is 65.2 Å². The molecule has 0 heteroatoms. The molecule has 2 aromatic carbocycles. The van der Waals surface area contributed by atoms with Crippen molar-refractivity contribution in [2.24, 2.45) is 11.8 Å². The lowest BCUT2D eigenvalue weighted by Gasteiger charge is -2.39. The highest BCUT2D eigenvalue weighted by Gasteiger charge is 2.33. The molecule has 26 heavy (non-hydrogen) atoms. The van der Waals surface area contributed by atoms with Gasteiger partial charge in [-0.05, 0) is 103 Å². The summed E-state index contributed by atoms with van der Waals surface area (Å²) >= 11 is 0. The molecular weight excluding hydrogens is 312 g/mol. The Labute approximate surface area is 159 Å². The Bertz CT molecular complexity index is 861. The summed E-state index contributed by atoms with van der Waals surface area (Å²) in [6.45, 7) is 6.82. The minimum Gasteiger partial charge on any atom is -0.0625 e. The summed E-state index contributed by atoms with van der Waals surface area (Å²) in [4.78, 5) is 0. The molecule has 3 atom stereocenters. The first-order chi connectivity index (χ1) is 12.6. The molecule has 0 amide bonds. The monoisotopic (exact) mass is 342 g/mol. The summed E-state index contributed by atoms with van der Waals surface area (Å²) < 4.78 is 0. The van der Waals surface area contributed by atoms with Gasteiger partial charge in [-0.2, -0.15) is 0 Å². The quantitative estimate of drug-likeness (QED) is 0.524. The van der Waals surface area contributed by atoms with Crippen molar-refractivity contribution in [1.29, 1.82) is 0 Å². The van der Waals surface area contributed by atoms with Crippen molar-refractivity contribution >= 4 is 0 Å². The first-order valence-corrected chi connectivity index (χ1v) is 10.4. The number of rotatable bonds is 1. The van der Waals surface area contributed by atoms with Gasteiger partial charge in [-0.3, -0.25) is 0 Å². The highest BCUT2D eigenvalue weighted by atomic mass is 14.4. The Morgan fingerprint density at radius 2 is 1.73 bits per heavy atom. The second-order valence-corrected chi connectivity index (χ2v) is 8.48. The van der Waals surface area contributed by atoms with Crippen LogP contribution in [-0.2, 0) is 12.8 Å². The zero-order valence-electron chi connectivity index (χ0n) is 16.4. The minimum absolute atomic E-state index is 0.807. The van der Waals surface area contributed by atoms with E-state index in [9.17, 15) is 0 Å². The second-order valence-electron chi connectivity index (χ2n) is 8.48. The summed E-state index contributed by atoms with van der Waals surface area (Å²) in [6, 6.07) is 13.6. The first-order valence-electron chi connectivity index (χ1n) is 10.4. The largest absolute Gasteiger partial charge is 0.0625 e. The van der Waals surface area contributed by atoms with E-state index in [0.717, 1.165) is 29.7 Å². The summed E-state index contributed by atoms with van der Waals surface area (Å²) in [6.07, 6.45) is 7.91. The Hall–Kier alpha value is -2.00. The van der Waals surface area contributed by atoms with Crippen LogP contribution < -0.4 is 0 Å². The molecule has 0 spiro atoms. The smallest absolute Gasteiger partial charge is 0.0251 e. The minimum atomic E-state index is 0.807. The van der Waals surface area contributed by atoms with E-state index in [1.807, 2.05) is 0 Å². The third-order valence-electron chi connectivity index (χ3n) is 6.65. The van der Waals surface area contributed by atoms with Gasteiger partial charge in [0.05, 0.1) is 0 Å². The molecule has 0 nitrogen and oxygen atoms in total. The summed E-state index contributed by atoms with van der Waals surface area (Å²) in [7, 11) is 0. The average Bonchev–Trinajstić information content (AvgIpc) is 2.66. The van der Waals surface area contributed by atoms with Gasteiger partial charge >= 0.3 is 0 Å². The fourth-order valence-electron chi connectivity index (χ4n) is 5.14. The Morgan fingerprint density at radius 1 is 0.962 bits per heavy atom. The molecule has 0 N–H and O–H groups in total. The van der Waals surface area contributed by atoms with Crippen LogP contribution in [0.25, 0.3) is 0 Å². The van der Waals surface area contributed by atoms with Crippen LogP contribution in [-0.4, -0.2) is 0 Å². The molecule has 134 valence electrons. The van der Waals surface area contributed by atoms with E-state index in [1.54, 1.807) is 11.1 Å². The summed E-state index contributed by atoms with van der Waals surface area (Å²) in [5.74, 6) is 9.42. The molecule has 1 saturated carbocycles. The molecule has 0 aliphatic heterocycles. The van der Waals surface area contributed by atoms with Crippen LogP contribution >= 0.6 is 0 Å². The van der Waals surface area contributed by atoms with E-state index in [-0.39, 0.29) is 0 Å². The molecule has 2 aliphatic carbocycles. The summed E-state index contributed by atoms with van der Waals surface area (Å²) in [5, 5.41) is 0. The number of hydrogen-bond donors (Lipinski definition) is 0.